The number of halogens is 1. The van der Waals surface area contributed by atoms with Crippen LogP contribution in [0.25, 0.3) is 11.0 Å². The number of fused-ring (bicyclic) bond motifs is 1. The van der Waals surface area contributed by atoms with Gasteiger partial charge < -0.3 is 9.30 Å². The second kappa shape index (κ2) is 6.66. The van der Waals surface area contributed by atoms with Crippen molar-refractivity contribution in [2.45, 2.75) is 19.4 Å². The number of benzene rings is 1. The molecule has 0 saturated carbocycles. The summed E-state index contributed by atoms with van der Waals surface area (Å²) in [6.07, 6.45) is 2.44. The van der Waals surface area contributed by atoms with E-state index < -0.39 is 9.84 Å². The molecule has 1 aromatic carbocycles. The Bertz CT molecular complexity index is 725. The third-order valence-corrected chi connectivity index (χ3v) is 4.48. The van der Waals surface area contributed by atoms with Gasteiger partial charge in [-0.05, 0) is 18.6 Å². The average molecular weight is 331 g/mol. The van der Waals surface area contributed by atoms with E-state index in [1.807, 2.05) is 22.8 Å². The van der Waals surface area contributed by atoms with Gasteiger partial charge in [0.05, 0.1) is 18.4 Å². The molecule has 2 rings (SSSR count). The third kappa shape index (κ3) is 3.89. The molecule has 0 amide bonds. The number of para-hydroxylation sites is 1. The molecule has 0 fully saturated rings. The zero-order valence-corrected chi connectivity index (χ0v) is 13.7. The second-order valence-electron chi connectivity index (χ2n) is 4.93. The first-order valence-corrected chi connectivity index (χ1v) is 9.31. The van der Waals surface area contributed by atoms with Crippen molar-refractivity contribution in [3.8, 4) is 5.75 Å². The third-order valence-electron chi connectivity index (χ3n) is 3.26. The van der Waals surface area contributed by atoms with Gasteiger partial charge in [0, 0.05) is 25.1 Å². The summed E-state index contributed by atoms with van der Waals surface area (Å²) in [4.78, 5) is 4.59. The zero-order valence-electron chi connectivity index (χ0n) is 12.2. The normalized spacial score (nSPS) is 12.0. The molecule has 0 radical (unpaired) electrons. The van der Waals surface area contributed by atoms with Crippen LogP contribution in [0.2, 0.25) is 0 Å². The predicted molar refractivity (Wildman–Crippen MR) is 85.0 cm³/mol. The van der Waals surface area contributed by atoms with Gasteiger partial charge in [0.15, 0.2) is 0 Å². The van der Waals surface area contributed by atoms with Crippen molar-refractivity contribution in [3.05, 3.63) is 24.0 Å². The van der Waals surface area contributed by atoms with E-state index in [-0.39, 0.29) is 5.75 Å². The van der Waals surface area contributed by atoms with Crippen molar-refractivity contribution in [2.75, 3.05) is 25.0 Å². The fraction of sp³-hybridized carbons (Fsp3) is 0.500. The maximum atomic E-state index is 11.3. The highest BCUT2D eigenvalue weighted by Gasteiger charge is 2.14. The van der Waals surface area contributed by atoms with E-state index in [1.165, 1.54) is 6.26 Å². The minimum absolute atomic E-state index is 0.164. The predicted octanol–water partition coefficient (Wildman–Crippen LogP) is 2.26. The van der Waals surface area contributed by atoms with Crippen molar-refractivity contribution in [1.82, 2.24) is 9.55 Å². The van der Waals surface area contributed by atoms with Crippen LogP contribution in [0.3, 0.4) is 0 Å². The van der Waals surface area contributed by atoms with Gasteiger partial charge in [-0.15, -0.1) is 11.6 Å². The summed E-state index contributed by atoms with van der Waals surface area (Å²) < 4.78 is 29.9. The molecule has 0 atom stereocenters. The summed E-state index contributed by atoms with van der Waals surface area (Å²) in [7, 11) is -1.34. The maximum Gasteiger partial charge on any atom is 0.147 e. The first kappa shape index (κ1) is 16.1. The number of nitrogens with zero attached hydrogens (tertiary/aromatic N) is 2. The monoisotopic (exact) mass is 330 g/mol. The lowest BCUT2D eigenvalue weighted by Gasteiger charge is -2.08. The van der Waals surface area contributed by atoms with Crippen molar-refractivity contribution < 1.29 is 13.2 Å². The SMILES string of the molecule is COc1cccc2c1nc(CCCl)n2CCCS(C)(=O)=O. The number of aromatic nitrogens is 2. The molecule has 0 aliphatic rings. The van der Waals surface area contributed by atoms with Gasteiger partial charge in [-0.1, -0.05) is 6.07 Å². The number of imidazole rings is 1. The van der Waals surface area contributed by atoms with Crippen LogP contribution in [-0.4, -0.2) is 43.0 Å². The smallest absolute Gasteiger partial charge is 0.147 e. The summed E-state index contributed by atoms with van der Waals surface area (Å²) in [6, 6.07) is 5.73. The standard InChI is InChI=1S/C14H19ClN2O3S/c1-20-12-6-3-5-11-14(12)16-13(7-8-15)17(11)9-4-10-21(2,18)19/h3,5-6H,4,7-10H2,1-2H3. The van der Waals surface area contributed by atoms with Crippen LogP contribution in [0.5, 0.6) is 5.75 Å². The van der Waals surface area contributed by atoms with E-state index >= 15 is 0 Å². The van der Waals surface area contributed by atoms with Gasteiger partial charge >= 0.3 is 0 Å². The minimum atomic E-state index is -2.95. The van der Waals surface area contributed by atoms with Crippen LogP contribution in [-0.2, 0) is 22.8 Å². The largest absolute Gasteiger partial charge is 0.494 e. The van der Waals surface area contributed by atoms with Gasteiger partial charge in [0.25, 0.3) is 0 Å². The van der Waals surface area contributed by atoms with Crippen LogP contribution in [0.4, 0.5) is 0 Å². The van der Waals surface area contributed by atoms with Crippen molar-refractivity contribution >= 4 is 32.5 Å². The number of methoxy groups -OCH3 is 1. The van der Waals surface area contributed by atoms with Crippen molar-refractivity contribution in [1.29, 1.82) is 0 Å². The Morgan fingerprint density at radius 2 is 2.14 bits per heavy atom. The van der Waals surface area contributed by atoms with Crippen LogP contribution in [0.15, 0.2) is 18.2 Å². The Kier molecular flexibility index (Phi) is 5.11. The van der Waals surface area contributed by atoms with Gasteiger partial charge in [0.2, 0.25) is 0 Å². The molecular formula is C14H19ClN2O3S. The molecule has 7 heteroatoms. The highest BCUT2D eigenvalue weighted by Crippen LogP contribution is 2.26. The Morgan fingerprint density at radius 3 is 2.76 bits per heavy atom. The fourth-order valence-corrected chi connectivity index (χ4v) is 3.17. The summed E-state index contributed by atoms with van der Waals surface area (Å²) >= 11 is 5.84. The van der Waals surface area contributed by atoms with Crippen LogP contribution in [0, 0.1) is 0 Å². The molecule has 116 valence electrons. The second-order valence-corrected chi connectivity index (χ2v) is 7.57. The number of sulfone groups is 1. The number of ether oxygens (including phenoxy) is 1. The molecule has 0 N–H and O–H groups in total. The van der Waals surface area contributed by atoms with E-state index in [0.29, 0.717) is 31.0 Å². The molecule has 1 aromatic heterocycles. The van der Waals surface area contributed by atoms with Gasteiger partial charge in [-0.25, -0.2) is 13.4 Å². The van der Waals surface area contributed by atoms with Gasteiger partial charge in [-0.2, -0.15) is 0 Å². The Morgan fingerprint density at radius 1 is 1.38 bits per heavy atom. The Labute approximate surface area is 129 Å². The number of aryl methyl sites for hydroxylation is 2. The lowest BCUT2D eigenvalue weighted by atomic mass is 10.3. The summed E-state index contributed by atoms with van der Waals surface area (Å²) in [5.74, 6) is 2.21. The van der Waals surface area contributed by atoms with Crippen LogP contribution < -0.4 is 4.74 Å². The van der Waals surface area contributed by atoms with E-state index in [9.17, 15) is 8.42 Å². The molecule has 2 aromatic rings. The van der Waals surface area contributed by atoms with E-state index in [2.05, 4.69) is 4.98 Å². The van der Waals surface area contributed by atoms with Crippen molar-refractivity contribution in [3.63, 3.8) is 0 Å². The van der Waals surface area contributed by atoms with Gasteiger partial charge in [0.1, 0.15) is 26.9 Å². The summed E-state index contributed by atoms with van der Waals surface area (Å²) in [5.41, 5.74) is 1.74. The highest BCUT2D eigenvalue weighted by atomic mass is 35.5. The molecule has 0 aliphatic heterocycles. The Hall–Kier alpha value is -1.27. The van der Waals surface area contributed by atoms with Crippen molar-refractivity contribution in [2.24, 2.45) is 0 Å². The molecule has 0 unspecified atom stereocenters. The van der Waals surface area contributed by atoms with E-state index in [4.69, 9.17) is 16.3 Å². The average Bonchev–Trinajstić information content (AvgIpc) is 2.76. The minimum Gasteiger partial charge on any atom is -0.494 e. The number of alkyl halides is 1. The van der Waals surface area contributed by atoms with E-state index in [0.717, 1.165) is 16.9 Å². The lowest BCUT2D eigenvalue weighted by molar-refractivity contribution is 0.419. The fourth-order valence-electron chi connectivity index (χ4n) is 2.34. The molecule has 5 nitrogen and oxygen atoms in total. The zero-order chi connectivity index (χ0) is 15.5. The first-order chi connectivity index (χ1) is 9.96. The van der Waals surface area contributed by atoms with Gasteiger partial charge in [-0.3, -0.25) is 0 Å². The van der Waals surface area contributed by atoms with Crippen LogP contribution >= 0.6 is 11.6 Å². The molecule has 21 heavy (non-hydrogen) atoms. The quantitative estimate of drug-likeness (QED) is 0.731. The van der Waals surface area contributed by atoms with E-state index in [1.54, 1.807) is 7.11 Å². The molecule has 0 saturated heterocycles. The first-order valence-electron chi connectivity index (χ1n) is 6.72. The number of hydrogen-bond acceptors (Lipinski definition) is 4. The molecule has 0 bridgehead atoms. The highest BCUT2D eigenvalue weighted by molar-refractivity contribution is 7.90. The molecular weight excluding hydrogens is 312 g/mol. The summed E-state index contributed by atoms with van der Waals surface area (Å²) in [5, 5.41) is 0. The molecule has 0 aliphatic carbocycles. The van der Waals surface area contributed by atoms with Crippen LogP contribution in [0.1, 0.15) is 12.2 Å². The maximum absolute atomic E-state index is 11.3. The topological polar surface area (TPSA) is 61.2 Å². The molecule has 0 spiro atoms. The molecule has 1 heterocycles. The Balaban J connectivity index is 2.37. The number of hydrogen-bond donors (Lipinski definition) is 0. The summed E-state index contributed by atoms with van der Waals surface area (Å²) in [6.45, 7) is 0.600. The number of rotatable bonds is 7. The lowest BCUT2D eigenvalue weighted by Crippen LogP contribution is -2.10.